The molecule has 0 saturated heterocycles. The van der Waals surface area contributed by atoms with Crippen LogP contribution in [0.3, 0.4) is 0 Å². The molecule has 4 nitrogen and oxygen atoms in total. The predicted molar refractivity (Wildman–Crippen MR) is 84.5 cm³/mol. The van der Waals surface area contributed by atoms with Crippen LogP contribution in [-0.4, -0.2) is 22.6 Å². The van der Waals surface area contributed by atoms with Crippen LogP contribution in [0.15, 0.2) is 23.6 Å². The Kier molecular flexibility index (Phi) is 3.87. The topological polar surface area (TPSA) is 41.0 Å². The van der Waals surface area contributed by atoms with Crippen molar-refractivity contribution in [3.8, 4) is 0 Å². The standard InChI is InChI=1S/C15H20N4S/c1-3-16-14-9-15(18-11(2)17-14)19(12-6-7-12)10-13-5-4-8-20-13/h4-5,8-9,12H,3,6-7,10H2,1-2H3,(H,16,17,18). The molecule has 1 saturated carbocycles. The minimum atomic E-state index is 0.640. The summed E-state index contributed by atoms with van der Waals surface area (Å²) < 4.78 is 0. The van der Waals surface area contributed by atoms with Crippen molar-refractivity contribution in [2.45, 2.75) is 39.3 Å². The maximum Gasteiger partial charge on any atom is 0.134 e. The van der Waals surface area contributed by atoms with Crippen molar-refractivity contribution in [2.75, 3.05) is 16.8 Å². The first-order chi connectivity index (χ1) is 9.76. The van der Waals surface area contributed by atoms with Crippen LogP contribution < -0.4 is 10.2 Å². The van der Waals surface area contributed by atoms with Gasteiger partial charge in [0.2, 0.25) is 0 Å². The summed E-state index contributed by atoms with van der Waals surface area (Å²) in [7, 11) is 0. The molecule has 0 spiro atoms. The van der Waals surface area contributed by atoms with Gasteiger partial charge in [-0.2, -0.15) is 0 Å². The first kappa shape index (κ1) is 13.4. The minimum absolute atomic E-state index is 0.640. The number of hydrogen-bond donors (Lipinski definition) is 1. The number of nitrogens with zero attached hydrogens (tertiary/aromatic N) is 3. The zero-order chi connectivity index (χ0) is 13.9. The molecule has 0 unspecified atom stereocenters. The van der Waals surface area contributed by atoms with E-state index in [1.165, 1.54) is 17.7 Å². The Hall–Kier alpha value is -1.62. The van der Waals surface area contributed by atoms with E-state index >= 15 is 0 Å². The van der Waals surface area contributed by atoms with Gasteiger partial charge in [0.25, 0.3) is 0 Å². The van der Waals surface area contributed by atoms with Crippen LogP contribution >= 0.6 is 11.3 Å². The Balaban J connectivity index is 1.86. The van der Waals surface area contributed by atoms with Crippen LogP contribution in [0.25, 0.3) is 0 Å². The fourth-order valence-electron chi connectivity index (χ4n) is 2.32. The van der Waals surface area contributed by atoms with Gasteiger partial charge in [-0.05, 0) is 38.1 Å². The summed E-state index contributed by atoms with van der Waals surface area (Å²) in [6.07, 6.45) is 2.54. The molecular formula is C15H20N4S. The molecule has 5 heteroatoms. The molecule has 106 valence electrons. The fourth-order valence-corrected chi connectivity index (χ4v) is 3.03. The van der Waals surface area contributed by atoms with Gasteiger partial charge in [0, 0.05) is 23.5 Å². The first-order valence-corrected chi connectivity index (χ1v) is 8.03. The van der Waals surface area contributed by atoms with Gasteiger partial charge in [-0.25, -0.2) is 9.97 Å². The molecule has 0 bridgehead atoms. The van der Waals surface area contributed by atoms with E-state index in [1.807, 2.05) is 18.3 Å². The van der Waals surface area contributed by atoms with Crippen molar-refractivity contribution >= 4 is 23.0 Å². The lowest BCUT2D eigenvalue weighted by atomic mass is 10.3. The zero-order valence-corrected chi connectivity index (χ0v) is 12.8. The van der Waals surface area contributed by atoms with E-state index in [1.54, 1.807) is 0 Å². The van der Waals surface area contributed by atoms with Crippen LogP contribution in [0.5, 0.6) is 0 Å². The normalized spacial score (nSPS) is 14.3. The molecule has 3 rings (SSSR count). The highest BCUT2D eigenvalue weighted by Crippen LogP contribution is 2.33. The summed E-state index contributed by atoms with van der Waals surface area (Å²) in [4.78, 5) is 12.9. The molecule has 20 heavy (non-hydrogen) atoms. The maximum absolute atomic E-state index is 4.64. The van der Waals surface area contributed by atoms with E-state index in [0.717, 1.165) is 30.5 Å². The quantitative estimate of drug-likeness (QED) is 0.884. The second-order valence-electron chi connectivity index (χ2n) is 5.13. The zero-order valence-electron chi connectivity index (χ0n) is 12.0. The van der Waals surface area contributed by atoms with Gasteiger partial charge in [0.15, 0.2) is 0 Å². The van der Waals surface area contributed by atoms with Crippen molar-refractivity contribution in [3.05, 3.63) is 34.3 Å². The van der Waals surface area contributed by atoms with E-state index in [2.05, 4.69) is 50.7 Å². The van der Waals surface area contributed by atoms with Crippen LogP contribution in [0.4, 0.5) is 11.6 Å². The van der Waals surface area contributed by atoms with Gasteiger partial charge in [0.1, 0.15) is 17.5 Å². The third-order valence-corrected chi connectivity index (χ3v) is 4.23. The Morgan fingerprint density at radius 3 is 2.90 bits per heavy atom. The Morgan fingerprint density at radius 2 is 2.25 bits per heavy atom. The molecule has 0 aromatic carbocycles. The van der Waals surface area contributed by atoms with Gasteiger partial charge < -0.3 is 10.2 Å². The molecule has 1 fully saturated rings. The molecule has 2 aromatic heterocycles. The number of aromatic nitrogens is 2. The van der Waals surface area contributed by atoms with Gasteiger partial charge in [-0.15, -0.1) is 11.3 Å². The minimum Gasteiger partial charge on any atom is -0.370 e. The summed E-state index contributed by atoms with van der Waals surface area (Å²) in [6, 6.07) is 7.02. The van der Waals surface area contributed by atoms with E-state index in [-0.39, 0.29) is 0 Å². The third kappa shape index (κ3) is 3.10. The number of rotatable bonds is 6. The summed E-state index contributed by atoms with van der Waals surface area (Å²) >= 11 is 1.81. The number of aryl methyl sites for hydroxylation is 1. The van der Waals surface area contributed by atoms with Gasteiger partial charge >= 0.3 is 0 Å². The van der Waals surface area contributed by atoms with Gasteiger partial charge in [0.05, 0.1) is 6.54 Å². The summed E-state index contributed by atoms with van der Waals surface area (Å²) in [5.74, 6) is 2.80. The summed E-state index contributed by atoms with van der Waals surface area (Å²) in [5.41, 5.74) is 0. The monoisotopic (exact) mass is 288 g/mol. The molecule has 0 amide bonds. The van der Waals surface area contributed by atoms with Crippen molar-refractivity contribution in [1.29, 1.82) is 0 Å². The summed E-state index contributed by atoms with van der Waals surface area (Å²) in [5, 5.41) is 5.42. The van der Waals surface area contributed by atoms with Crippen LogP contribution in [0, 0.1) is 6.92 Å². The Bertz CT molecular complexity index is 563. The number of nitrogens with one attached hydrogen (secondary N) is 1. The van der Waals surface area contributed by atoms with Crippen LogP contribution in [-0.2, 0) is 6.54 Å². The Morgan fingerprint density at radius 1 is 1.40 bits per heavy atom. The molecule has 1 aliphatic carbocycles. The van der Waals surface area contributed by atoms with E-state index < -0.39 is 0 Å². The number of anilines is 2. The van der Waals surface area contributed by atoms with Gasteiger partial charge in [-0.3, -0.25) is 0 Å². The second kappa shape index (κ2) is 5.79. The lowest BCUT2D eigenvalue weighted by Crippen LogP contribution is -2.26. The molecular weight excluding hydrogens is 268 g/mol. The number of hydrogen-bond acceptors (Lipinski definition) is 5. The van der Waals surface area contributed by atoms with Crippen molar-refractivity contribution in [2.24, 2.45) is 0 Å². The molecule has 0 radical (unpaired) electrons. The second-order valence-corrected chi connectivity index (χ2v) is 6.16. The van der Waals surface area contributed by atoms with Crippen LogP contribution in [0.1, 0.15) is 30.5 Å². The van der Waals surface area contributed by atoms with Crippen molar-refractivity contribution in [3.63, 3.8) is 0 Å². The van der Waals surface area contributed by atoms with Crippen molar-refractivity contribution in [1.82, 2.24) is 9.97 Å². The van der Waals surface area contributed by atoms with Crippen LogP contribution in [0.2, 0.25) is 0 Å². The number of thiophene rings is 1. The smallest absolute Gasteiger partial charge is 0.134 e. The molecule has 2 heterocycles. The van der Waals surface area contributed by atoms with Gasteiger partial charge in [-0.1, -0.05) is 6.07 Å². The highest BCUT2D eigenvalue weighted by atomic mass is 32.1. The molecule has 0 atom stereocenters. The molecule has 2 aromatic rings. The first-order valence-electron chi connectivity index (χ1n) is 7.15. The molecule has 1 N–H and O–H groups in total. The predicted octanol–water partition coefficient (Wildman–Crippen LogP) is 3.45. The molecule has 1 aliphatic rings. The van der Waals surface area contributed by atoms with Crippen molar-refractivity contribution < 1.29 is 0 Å². The maximum atomic E-state index is 4.64. The van der Waals surface area contributed by atoms with E-state index in [0.29, 0.717) is 6.04 Å². The molecule has 0 aliphatic heterocycles. The average Bonchev–Trinajstić information content (AvgIpc) is 3.12. The highest BCUT2D eigenvalue weighted by Gasteiger charge is 2.30. The SMILES string of the molecule is CCNc1cc(N(Cc2cccs2)C2CC2)nc(C)n1. The average molecular weight is 288 g/mol. The Labute approximate surface area is 123 Å². The van der Waals surface area contributed by atoms with E-state index in [9.17, 15) is 0 Å². The lowest BCUT2D eigenvalue weighted by Gasteiger charge is -2.23. The van der Waals surface area contributed by atoms with E-state index in [4.69, 9.17) is 0 Å². The fraction of sp³-hybridized carbons (Fsp3) is 0.467. The highest BCUT2D eigenvalue weighted by molar-refractivity contribution is 7.09. The third-order valence-electron chi connectivity index (χ3n) is 3.37. The largest absolute Gasteiger partial charge is 0.370 e. The lowest BCUT2D eigenvalue weighted by molar-refractivity contribution is 0.779. The summed E-state index contributed by atoms with van der Waals surface area (Å²) in [6.45, 7) is 5.87.